The zero-order valence-corrected chi connectivity index (χ0v) is 19.9. The first-order chi connectivity index (χ1) is 15.7. The third-order valence-electron chi connectivity index (χ3n) is 5.41. The van der Waals surface area contributed by atoms with Crippen molar-refractivity contribution >= 4 is 14.0 Å². The van der Waals surface area contributed by atoms with E-state index in [0.29, 0.717) is 26.4 Å². The van der Waals surface area contributed by atoms with E-state index in [2.05, 4.69) is 0 Å². The van der Waals surface area contributed by atoms with Gasteiger partial charge in [-0.25, -0.2) is 0 Å². The first-order valence-corrected chi connectivity index (χ1v) is 12.9. The molecule has 0 saturated carbocycles. The summed E-state index contributed by atoms with van der Waals surface area (Å²) in [5, 5.41) is 0.918. The number of benzene rings is 3. The van der Waals surface area contributed by atoms with Gasteiger partial charge in [0.15, 0.2) is 0 Å². The predicted octanol–water partition coefficient (Wildman–Crippen LogP) is 4.75. The van der Waals surface area contributed by atoms with Gasteiger partial charge in [-0.05, 0) is 32.9 Å². The van der Waals surface area contributed by atoms with Crippen LogP contribution in [0.2, 0.25) is 0 Å². The van der Waals surface area contributed by atoms with Gasteiger partial charge in [0.1, 0.15) is 5.75 Å². The van der Waals surface area contributed by atoms with Crippen LogP contribution in [0, 0.1) is 0 Å². The van der Waals surface area contributed by atoms with Crippen LogP contribution in [0.5, 0.6) is 5.75 Å². The highest BCUT2D eigenvalue weighted by atomic mass is 28.4. The monoisotopic (exact) mass is 450 g/mol. The quantitative estimate of drug-likeness (QED) is 0.440. The van der Waals surface area contributed by atoms with E-state index in [1.54, 1.807) is 0 Å². The van der Waals surface area contributed by atoms with Crippen molar-refractivity contribution < 1.29 is 22.8 Å². The molecule has 5 nitrogen and oxygen atoms in total. The Morgan fingerprint density at radius 2 is 1.28 bits per heavy atom. The van der Waals surface area contributed by atoms with E-state index in [1.807, 2.05) is 99.6 Å². The summed E-state index contributed by atoms with van der Waals surface area (Å²) >= 11 is 0. The Balaban J connectivity index is 1.75. The van der Waals surface area contributed by atoms with Crippen molar-refractivity contribution in [3.63, 3.8) is 0 Å². The molecule has 0 aliphatic carbocycles. The molecule has 1 aliphatic heterocycles. The summed E-state index contributed by atoms with van der Waals surface area (Å²) in [6, 6.07) is 26.1. The molecule has 4 rings (SSSR count). The second-order valence-electron chi connectivity index (χ2n) is 7.42. The summed E-state index contributed by atoms with van der Waals surface area (Å²) in [6.07, 6.45) is 0. The predicted molar refractivity (Wildman–Crippen MR) is 126 cm³/mol. The molecule has 0 atom stereocenters. The largest absolute Gasteiger partial charge is 0.537 e. The molecule has 0 unspecified atom stereocenters. The summed E-state index contributed by atoms with van der Waals surface area (Å²) < 4.78 is 31.3. The van der Waals surface area contributed by atoms with Gasteiger partial charge in [0.05, 0.1) is 6.61 Å². The van der Waals surface area contributed by atoms with E-state index in [4.69, 9.17) is 22.8 Å². The van der Waals surface area contributed by atoms with E-state index in [0.717, 1.165) is 27.6 Å². The molecule has 1 aliphatic rings. The van der Waals surface area contributed by atoms with E-state index < -0.39 is 14.6 Å². The molecule has 0 amide bonds. The molecule has 3 aromatic carbocycles. The molecule has 32 heavy (non-hydrogen) atoms. The van der Waals surface area contributed by atoms with Crippen molar-refractivity contribution in [1.29, 1.82) is 0 Å². The molecule has 3 aromatic rings. The van der Waals surface area contributed by atoms with Crippen LogP contribution in [0.25, 0.3) is 0 Å². The fourth-order valence-corrected chi connectivity index (χ4v) is 6.59. The highest BCUT2D eigenvalue weighted by molar-refractivity contribution is 6.75. The Kier molecular flexibility index (Phi) is 7.08. The zero-order valence-electron chi connectivity index (χ0n) is 18.9. The van der Waals surface area contributed by atoms with Crippen LogP contribution in [0.3, 0.4) is 0 Å². The van der Waals surface area contributed by atoms with Gasteiger partial charge in [0.25, 0.3) is 5.79 Å². The number of rotatable bonds is 9. The minimum Gasteiger partial charge on any atom is -0.453 e. The first-order valence-electron chi connectivity index (χ1n) is 11.2. The molecule has 168 valence electrons. The first kappa shape index (κ1) is 22.7. The Morgan fingerprint density at radius 3 is 1.78 bits per heavy atom. The lowest BCUT2D eigenvalue weighted by molar-refractivity contribution is -0.184. The average Bonchev–Trinajstić information content (AvgIpc) is 2.85. The highest BCUT2D eigenvalue weighted by Gasteiger charge is 2.46. The standard InChI is InChI=1S/C26H30O5Si/c1-4-28-32(29-5-2,30-6-3)24-17-18-25-21(19-24)20-27-26(31-25,22-13-9-7-10-14-22)23-15-11-8-12-16-23/h7-19H,4-6,20H2,1-3H3. The second kappa shape index (κ2) is 9.98. The maximum absolute atomic E-state index is 6.61. The van der Waals surface area contributed by atoms with Crippen molar-refractivity contribution in [3.05, 3.63) is 95.6 Å². The van der Waals surface area contributed by atoms with Crippen molar-refractivity contribution in [1.82, 2.24) is 0 Å². The summed E-state index contributed by atoms with van der Waals surface area (Å²) in [5.74, 6) is -0.231. The smallest absolute Gasteiger partial charge is 0.453 e. The number of ether oxygens (including phenoxy) is 2. The fourth-order valence-electron chi connectivity index (χ4n) is 4.06. The zero-order chi connectivity index (χ0) is 22.4. The second-order valence-corrected chi connectivity index (χ2v) is 9.97. The van der Waals surface area contributed by atoms with Crippen molar-refractivity contribution in [2.24, 2.45) is 0 Å². The number of hydrogen-bond acceptors (Lipinski definition) is 5. The molecule has 0 N–H and O–H groups in total. The van der Waals surface area contributed by atoms with E-state index in [-0.39, 0.29) is 0 Å². The lowest BCUT2D eigenvalue weighted by Crippen LogP contribution is -2.57. The minimum atomic E-state index is -3.01. The molecule has 0 bridgehead atoms. The average molecular weight is 451 g/mol. The highest BCUT2D eigenvalue weighted by Crippen LogP contribution is 2.42. The Bertz CT molecular complexity index is 953. The van der Waals surface area contributed by atoms with Crippen LogP contribution >= 0.6 is 0 Å². The summed E-state index contributed by atoms with van der Waals surface area (Å²) in [7, 11) is -3.01. The lowest BCUT2D eigenvalue weighted by atomic mass is 9.95. The van der Waals surface area contributed by atoms with E-state index in [1.165, 1.54) is 0 Å². The van der Waals surface area contributed by atoms with Crippen LogP contribution in [0.4, 0.5) is 0 Å². The van der Waals surface area contributed by atoms with Crippen LogP contribution in [-0.2, 0) is 30.4 Å². The molecule has 0 radical (unpaired) electrons. The summed E-state index contributed by atoms with van der Waals surface area (Å²) in [5.41, 5.74) is 2.84. The van der Waals surface area contributed by atoms with Gasteiger partial charge in [-0.15, -0.1) is 0 Å². The fraction of sp³-hybridized carbons (Fsp3) is 0.308. The molecule has 0 aromatic heterocycles. The molecule has 0 saturated heterocycles. The molecule has 0 fully saturated rings. The van der Waals surface area contributed by atoms with Crippen molar-refractivity contribution in [2.45, 2.75) is 33.2 Å². The maximum atomic E-state index is 6.61. The lowest BCUT2D eigenvalue weighted by Gasteiger charge is -2.39. The molecule has 1 heterocycles. The Morgan fingerprint density at radius 1 is 0.750 bits per heavy atom. The van der Waals surface area contributed by atoms with Gasteiger partial charge in [0.2, 0.25) is 0 Å². The number of hydrogen-bond donors (Lipinski definition) is 0. The van der Waals surface area contributed by atoms with Crippen LogP contribution in [0.15, 0.2) is 78.9 Å². The topological polar surface area (TPSA) is 46.2 Å². The van der Waals surface area contributed by atoms with Crippen LogP contribution < -0.4 is 9.92 Å². The van der Waals surface area contributed by atoms with Gasteiger partial charge >= 0.3 is 8.80 Å². The SMILES string of the molecule is CCO[Si](OCC)(OCC)c1ccc2c(c1)COC(c1ccccc1)(c1ccccc1)O2. The Labute approximate surface area is 191 Å². The Hall–Kier alpha value is -2.48. The molecular weight excluding hydrogens is 420 g/mol. The molecular formula is C26H30O5Si. The molecule has 6 heteroatoms. The maximum Gasteiger partial charge on any atom is 0.537 e. The third kappa shape index (κ3) is 4.24. The van der Waals surface area contributed by atoms with Crippen LogP contribution in [0.1, 0.15) is 37.5 Å². The van der Waals surface area contributed by atoms with Crippen molar-refractivity contribution in [3.8, 4) is 5.75 Å². The van der Waals surface area contributed by atoms with Crippen molar-refractivity contribution in [2.75, 3.05) is 19.8 Å². The third-order valence-corrected chi connectivity index (χ3v) is 8.43. The molecule has 0 spiro atoms. The number of fused-ring (bicyclic) bond motifs is 1. The minimum absolute atomic E-state index is 0.391. The normalized spacial score (nSPS) is 15.1. The van der Waals surface area contributed by atoms with Crippen LogP contribution in [-0.4, -0.2) is 28.6 Å². The van der Waals surface area contributed by atoms with Gasteiger partial charge in [-0.1, -0.05) is 66.7 Å². The van der Waals surface area contributed by atoms with Gasteiger partial charge in [-0.3, -0.25) is 0 Å². The van der Waals surface area contributed by atoms with Gasteiger partial charge in [0, 0.05) is 41.7 Å². The van der Waals surface area contributed by atoms with Gasteiger partial charge in [-0.2, -0.15) is 0 Å². The summed E-state index contributed by atoms with van der Waals surface area (Å²) in [6.45, 7) is 7.81. The van der Waals surface area contributed by atoms with Gasteiger partial charge < -0.3 is 22.8 Å². The van der Waals surface area contributed by atoms with E-state index in [9.17, 15) is 0 Å². The van der Waals surface area contributed by atoms with E-state index >= 15 is 0 Å². The summed E-state index contributed by atoms with van der Waals surface area (Å²) in [4.78, 5) is 0.